The molecule has 2 atom stereocenters. The largest absolute Gasteiger partial charge is 0.378 e. The molecular formula is C11H24N2O. The highest BCUT2D eigenvalue weighted by Gasteiger charge is 2.33. The fourth-order valence-electron chi connectivity index (χ4n) is 2.35. The highest BCUT2D eigenvalue weighted by molar-refractivity contribution is 4.88. The average Bonchev–Trinajstić information content (AvgIpc) is 2.01. The molecule has 1 aliphatic rings. The van der Waals surface area contributed by atoms with Crippen LogP contribution in [-0.4, -0.2) is 42.3 Å². The van der Waals surface area contributed by atoms with Crippen molar-refractivity contribution >= 4 is 0 Å². The summed E-state index contributed by atoms with van der Waals surface area (Å²) in [5, 5.41) is 0. The minimum Gasteiger partial charge on any atom is -0.378 e. The Morgan fingerprint density at radius 3 is 2.57 bits per heavy atom. The Labute approximate surface area is 87.6 Å². The fourth-order valence-corrected chi connectivity index (χ4v) is 2.35. The van der Waals surface area contributed by atoms with Crippen molar-refractivity contribution in [2.24, 2.45) is 5.73 Å². The molecule has 2 unspecified atom stereocenters. The van der Waals surface area contributed by atoms with Gasteiger partial charge in [0.2, 0.25) is 0 Å². The van der Waals surface area contributed by atoms with Gasteiger partial charge in [0.05, 0.1) is 13.2 Å². The fraction of sp³-hybridized carbons (Fsp3) is 1.00. The lowest BCUT2D eigenvalue weighted by Crippen LogP contribution is -2.57. The monoisotopic (exact) mass is 200 g/mol. The minimum absolute atomic E-state index is 0.159. The zero-order chi connectivity index (χ0) is 10.8. The maximum atomic E-state index is 5.83. The second kappa shape index (κ2) is 4.60. The van der Waals surface area contributed by atoms with Gasteiger partial charge in [-0.2, -0.15) is 0 Å². The third kappa shape index (κ3) is 2.94. The molecule has 1 aliphatic heterocycles. The number of rotatable bonds is 3. The molecule has 3 heteroatoms. The number of ether oxygens (including phenoxy) is 1. The Hall–Kier alpha value is -0.120. The smallest absolute Gasteiger partial charge is 0.0645 e. The van der Waals surface area contributed by atoms with Gasteiger partial charge in [-0.15, -0.1) is 0 Å². The predicted molar refractivity (Wildman–Crippen MR) is 59.3 cm³/mol. The van der Waals surface area contributed by atoms with Crippen molar-refractivity contribution in [1.82, 2.24) is 4.90 Å². The number of nitrogens with two attached hydrogens (primary N) is 1. The van der Waals surface area contributed by atoms with Crippen molar-refractivity contribution in [1.29, 1.82) is 0 Å². The lowest BCUT2D eigenvalue weighted by molar-refractivity contribution is -0.0705. The Bertz CT molecular complexity index is 180. The van der Waals surface area contributed by atoms with Crippen molar-refractivity contribution in [3.05, 3.63) is 0 Å². The Morgan fingerprint density at radius 1 is 1.43 bits per heavy atom. The highest BCUT2D eigenvalue weighted by atomic mass is 16.5. The van der Waals surface area contributed by atoms with Crippen LogP contribution in [0.15, 0.2) is 0 Å². The molecule has 0 aromatic rings. The van der Waals surface area contributed by atoms with Crippen LogP contribution >= 0.6 is 0 Å². The van der Waals surface area contributed by atoms with E-state index in [1.165, 1.54) is 0 Å². The van der Waals surface area contributed by atoms with Crippen molar-refractivity contribution in [2.45, 2.75) is 51.7 Å². The van der Waals surface area contributed by atoms with Gasteiger partial charge in [0.15, 0.2) is 0 Å². The first-order valence-electron chi connectivity index (χ1n) is 5.53. The summed E-state index contributed by atoms with van der Waals surface area (Å²) in [7, 11) is 0. The molecule has 0 spiro atoms. The molecule has 84 valence electrons. The molecule has 1 saturated heterocycles. The number of hydrogen-bond donors (Lipinski definition) is 1. The zero-order valence-electron chi connectivity index (χ0n) is 9.92. The van der Waals surface area contributed by atoms with Crippen LogP contribution in [0.3, 0.4) is 0 Å². The summed E-state index contributed by atoms with van der Waals surface area (Å²) >= 11 is 0. The van der Waals surface area contributed by atoms with Crippen LogP contribution in [0.4, 0.5) is 0 Å². The number of nitrogens with zero attached hydrogens (tertiary/aromatic N) is 1. The van der Waals surface area contributed by atoms with Crippen LogP contribution in [0.1, 0.15) is 34.1 Å². The van der Waals surface area contributed by atoms with Gasteiger partial charge in [-0.25, -0.2) is 0 Å². The van der Waals surface area contributed by atoms with E-state index in [1.54, 1.807) is 0 Å². The van der Waals surface area contributed by atoms with E-state index in [0.29, 0.717) is 6.04 Å². The average molecular weight is 200 g/mol. The molecule has 0 radical (unpaired) electrons. The molecule has 14 heavy (non-hydrogen) atoms. The normalized spacial score (nSPS) is 27.2. The van der Waals surface area contributed by atoms with Crippen LogP contribution in [0.25, 0.3) is 0 Å². The molecule has 0 bridgehead atoms. The lowest BCUT2D eigenvalue weighted by atomic mass is 9.97. The van der Waals surface area contributed by atoms with E-state index in [0.717, 1.165) is 26.2 Å². The summed E-state index contributed by atoms with van der Waals surface area (Å²) in [6.45, 7) is 11.5. The number of morpholine rings is 1. The van der Waals surface area contributed by atoms with Crippen molar-refractivity contribution in [3.63, 3.8) is 0 Å². The minimum atomic E-state index is 0.159. The molecule has 0 saturated carbocycles. The van der Waals surface area contributed by atoms with Gasteiger partial charge in [-0.05, 0) is 34.1 Å². The van der Waals surface area contributed by atoms with E-state index in [-0.39, 0.29) is 11.6 Å². The van der Waals surface area contributed by atoms with Crippen LogP contribution in [0.2, 0.25) is 0 Å². The zero-order valence-corrected chi connectivity index (χ0v) is 9.92. The van der Waals surface area contributed by atoms with Crippen LogP contribution in [0.5, 0.6) is 0 Å². The van der Waals surface area contributed by atoms with Crippen molar-refractivity contribution < 1.29 is 4.74 Å². The molecular weight excluding hydrogens is 176 g/mol. The molecule has 1 rings (SSSR count). The van der Waals surface area contributed by atoms with Crippen LogP contribution in [-0.2, 0) is 4.74 Å². The highest BCUT2D eigenvalue weighted by Crippen LogP contribution is 2.23. The van der Waals surface area contributed by atoms with Gasteiger partial charge < -0.3 is 10.5 Å². The summed E-state index contributed by atoms with van der Waals surface area (Å²) in [4.78, 5) is 2.51. The van der Waals surface area contributed by atoms with Crippen LogP contribution < -0.4 is 5.73 Å². The summed E-state index contributed by atoms with van der Waals surface area (Å²) in [5.74, 6) is 0. The summed E-state index contributed by atoms with van der Waals surface area (Å²) in [6.07, 6.45) is 1.06. The third-order valence-electron chi connectivity index (χ3n) is 2.95. The standard InChI is InChI=1S/C11H24N2O/c1-9(12)7-10(2)13-5-6-14-8-11(13,3)4/h9-10H,5-8,12H2,1-4H3. The van der Waals surface area contributed by atoms with E-state index in [4.69, 9.17) is 10.5 Å². The second-order valence-corrected chi connectivity index (χ2v) is 5.12. The molecule has 3 nitrogen and oxygen atoms in total. The number of hydrogen-bond acceptors (Lipinski definition) is 3. The van der Waals surface area contributed by atoms with E-state index in [9.17, 15) is 0 Å². The SMILES string of the molecule is CC(N)CC(C)N1CCOCC1(C)C. The molecule has 0 aromatic heterocycles. The van der Waals surface area contributed by atoms with E-state index >= 15 is 0 Å². The predicted octanol–water partition coefficient (Wildman–Crippen LogP) is 1.22. The first-order valence-corrected chi connectivity index (χ1v) is 5.53. The van der Waals surface area contributed by atoms with Crippen molar-refractivity contribution in [3.8, 4) is 0 Å². The maximum Gasteiger partial charge on any atom is 0.0645 e. The quantitative estimate of drug-likeness (QED) is 0.744. The van der Waals surface area contributed by atoms with E-state index in [2.05, 4.69) is 32.6 Å². The van der Waals surface area contributed by atoms with Gasteiger partial charge in [-0.3, -0.25) is 4.90 Å². The van der Waals surface area contributed by atoms with Crippen LogP contribution in [0, 0.1) is 0 Å². The second-order valence-electron chi connectivity index (χ2n) is 5.12. The van der Waals surface area contributed by atoms with E-state index < -0.39 is 0 Å². The maximum absolute atomic E-state index is 5.83. The summed E-state index contributed by atoms with van der Waals surface area (Å²) < 4.78 is 5.50. The molecule has 0 amide bonds. The lowest BCUT2D eigenvalue weighted by Gasteiger charge is -2.46. The molecule has 1 heterocycles. The van der Waals surface area contributed by atoms with Gasteiger partial charge in [-0.1, -0.05) is 0 Å². The molecule has 1 fully saturated rings. The van der Waals surface area contributed by atoms with Gasteiger partial charge >= 0.3 is 0 Å². The Balaban J connectivity index is 2.55. The Morgan fingerprint density at radius 2 is 2.07 bits per heavy atom. The van der Waals surface area contributed by atoms with Gasteiger partial charge in [0, 0.05) is 24.2 Å². The third-order valence-corrected chi connectivity index (χ3v) is 2.95. The van der Waals surface area contributed by atoms with Gasteiger partial charge in [0.1, 0.15) is 0 Å². The first kappa shape index (κ1) is 12.0. The van der Waals surface area contributed by atoms with Crippen molar-refractivity contribution in [2.75, 3.05) is 19.8 Å². The summed E-state index contributed by atoms with van der Waals surface area (Å²) in [6, 6.07) is 0.831. The first-order chi connectivity index (χ1) is 6.43. The molecule has 2 N–H and O–H groups in total. The topological polar surface area (TPSA) is 38.5 Å². The van der Waals surface area contributed by atoms with Gasteiger partial charge in [0.25, 0.3) is 0 Å². The molecule has 0 aromatic carbocycles. The summed E-state index contributed by atoms with van der Waals surface area (Å²) in [5.41, 5.74) is 5.99. The Kier molecular flexibility index (Phi) is 3.93. The molecule has 0 aliphatic carbocycles. The van der Waals surface area contributed by atoms with E-state index in [1.807, 2.05) is 0 Å².